The van der Waals surface area contributed by atoms with Gasteiger partial charge in [-0.2, -0.15) is 0 Å². The van der Waals surface area contributed by atoms with Crippen LogP contribution >= 0.6 is 59.4 Å². The first kappa shape index (κ1) is 110. The number of hydrogen-bond donors (Lipinski definition) is 12. The maximum atomic E-state index is 13.5. The second kappa shape index (κ2) is 58.0. The predicted octanol–water partition coefficient (Wildman–Crippen LogP) is 5.23. The van der Waals surface area contributed by atoms with Crippen molar-refractivity contribution in [3.8, 4) is 34.5 Å². The van der Waals surface area contributed by atoms with Crippen molar-refractivity contribution in [2.24, 2.45) is 38.7 Å². The van der Waals surface area contributed by atoms with Crippen LogP contribution in [0.15, 0.2) is 101 Å². The van der Waals surface area contributed by atoms with E-state index in [4.69, 9.17) is 79.5 Å². The number of carbonyl (C=O) groups excluding carboxylic acids is 8. The number of aliphatic imine (C=N–C) groups is 2. The number of primary amides is 1. The van der Waals surface area contributed by atoms with E-state index >= 15 is 0 Å². The van der Waals surface area contributed by atoms with Gasteiger partial charge in [0.2, 0.25) is 41.6 Å². The fourth-order valence-corrected chi connectivity index (χ4v) is 11.0. The molecular formula is C68H85AcBr3ClN20O29-. The second-order valence-electron chi connectivity index (χ2n) is 23.5. The summed E-state index contributed by atoms with van der Waals surface area (Å²) >= 11 is 14.2. The van der Waals surface area contributed by atoms with E-state index in [9.17, 15) is 104 Å². The van der Waals surface area contributed by atoms with E-state index in [1.165, 1.54) is 116 Å². The number of guanidine groups is 2. The van der Waals surface area contributed by atoms with Crippen molar-refractivity contribution in [2.75, 3.05) is 75.4 Å². The smallest absolute Gasteiger partial charge is 0.404 e. The van der Waals surface area contributed by atoms with E-state index in [0.29, 0.717) is 34.3 Å². The van der Waals surface area contributed by atoms with Crippen LogP contribution < -0.4 is 89.0 Å². The fourth-order valence-electron chi connectivity index (χ4n) is 9.58. The third kappa shape index (κ3) is 39.4. The Morgan fingerprint density at radius 3 is 1.30 bits per heavy atom. The molecule has 54 heteroatoms. The number of para-hydroxylation sites is 2. The molecule has 1 radical (unpaired) electrons. The Morgan fingerprint density at radius 1 is 0.525 bits per heavy atom. The summed E-state index contributed by atoms with van der Waals surface area (Å²) in [5.74, 6) is -5.59. The number of rotatable bonds is 42. The minimum atomic E-state index is -1.61. The summed E-state index contributed by atoms with van der Waals surface area (Å²) in [5.41, 5.74) is 33.0. The number of nitrogens with two attached hydrogens (primary N) is 5. The normalized spacial score (nSPS) is 11.6. The Labute approximate surface area is 758 Å². The standard InChI is InChI=1S/C31H49BrN15O9.C10H10ClNO6.C10H10N2O6.C9H10BrNO4.C8H6BrNO4.Ac/c1-16(25(50)39-12-13-40-29(54)24(32)17-6-2-3-9-21(17)47(55)56)43-28(53)20(14-22(34)48)46-27(52)19(8-5-11-42-31(37)38)45-26(51)18(44-23(49)15-33)7-4-10-41-30(35)36;1-16-8-3-6(5-18-10(11)13)7(12(14)15)4-9(8)17-2;1-17-9-5-7(3-4-11(13)14)8(12(15)16)6-10(9)18-2;1-14-8-3-6(5-10)7(11(12)13)4-9(8)15-2;9-7(8(11)12)5-3-1-2-4-6(5)10(13)14;/h2-3,6,9,16,18-20,24,33H,4-5,7-8,10-15H2,1H3,(H2,34,48)(H,39,50)(H,40,54)(H,43,53)(H,44,49)(H,45,51)(H,46,52)(H4,35,36,41)(H4,37,38,42);3-4H,5H2,1-2H3;3-6H,1-2H3;3-4H,5H2,1-2H3;1-4,7H,(H,11,12);/q-1;;;;;/b;;4-3+;;;/t16-,18-,19-,20-,24?;;;;;/m1...../s1. The average Bonchev–Trinajstić information content (AvgIpc) is 0.861. The number of carboxylic acids is 1. The van der Waals surface area contributed by atoms with Gasteiger partial charge in [-0.25, -0.2) is 4.79 Å². The first-order valence-corrected chi connectivity index (χ1v) is 37.5. The molecule has 0 aliphatic heterocycles. The van der Waals surface area contributed by atoms with Crippen LogP contribution in [-0.4, -0.2) is 199 Å². The molecule has 0 aliphatic carbocycles. The van der Waals surface area contributed by atoms with Crippen LogP contribution in [0.1, 0.15) is 76.5 Å². The molecule has 0 bridgehead atoms. The summed E-state index contributed by atoms with van der Waals surface area (Å²) in [6, 6.07) is 13.9. The van der Waals surface area contributed by atoms with Gasteiger partial charge in [-0.05, 0) is 50.8 Å². The Morgan fingerprint density at radius 2 is 0.902 bits per heavy atom. The van der Waals surface area contributed by atoms with Crippen LogP contribution in [0.3, 0.4) is 0 Å². The molecule has 0 saturated heterocycles. The summed E-state index contributed by atoms with van der Waals surface area (Å²) in [7, 11) is 8.39. The van der Waals surface area contributed by atoms with Gasteiger partial charge in [-0.3, -0.25) is 109 Å². The number of halogens is 4. The van der Waals surface area contributed by atoms with Gasteiger partial charge in [0, 0.05) is 111 Å². The first-order valence-electron chi connectivity index (χ1n) is 34.2. The SMILES string of the molecule is COc1cc(/C=C/[N+](=O)[O-])c([N+](=O)[O-])cc1OC.COc1cc(CBr)c([N+](=O)[O-])cc1OC.COc1cc(COC(=O)Cl)c([N+](=O)[O-])cc1OC.C[C@@H](NC(=O)[C@@H](CC(N)=O)NC(=O)[C@@H](CCCN=C(N)N)NC(=O)[C@@H](CCCN=C(N)N)NC(=O)C[NH-])C(=O)NCCNC(=O)C(Br)c1ccccc1[N+](=O)[O-].O=C(O)C(Br)c1ccccc1[N+](=O)[O-].[Ac]. The fraction of sp³-hybridized carbons (Fsp3) is 0.368. The number of alkyl halides is 3. The molecule has 5 rings (SSSR count). The van der Waals surface area contributed by atoms with Gasteiger partial charge in [-0.1, -0.05) is 90.7 Å². The van der Waals surface area contributed by atoms with Crippen LogP contribution in [0.2, 0.25) is 0 Å². The van der Waals surface area contributed by atoms with E-state index in [1.807, 2.05) is 0 Å². The number of methoxy groups -OCH3 is 6. The number of aliphatic carboxylic acids is 1. The molecule has 6 atom stereocenters. The molecule has 0 aliphatic rings. The topological polar surface area (TPSA) is 748 Å². The number of nitro groups is 6. The van der Waals surface area contributed by atoms with Crippen molar-refractivity contribution < 1.29 is 155 Å². The predicted molar refractivity (Wildman–Crippen MR) is 443 cm³/mol. The Balaban J connectivity index is 0.00000177. The monoisotopic (exact) mass is 2140 g/mol. The van der Waals surface area contributed by atoms with Crippen molar-refractivity contribution in [2.45, 2.75) is 84.8 Å². The Bertz CT molecular complexity index is 4590. The zero-order chi connectivity index (χ0) is 91.9. The number of hydrogen-bond acceptors (Lipinski definition) is 30. The number of ether oxygens (including phenoxy) is 7. The van der Waals surface area contributed by atoms with Crippen molar-refractivity contribution >= 4 is 159 Å². The largest absolute Gasteiger partial charge is 0.670 e. The molecule has 0 spiro atoms. The van der Waals surface area contributed by atoms with Gasteiger partial charge in [-0.15, -0.1) is 0 Å². The summed E-state index contributed by atoms with van der Waals surface area (Å²) in [5, 5.41) is 88.2. The van der Waals surface area contributed by atoms with E-state index in [-0.39, 0.29) is 182 Å². The van der Waals surface area contributed by atoms with Gasteiger partial charge in [0.1, 0.15) is 40.4 Å². The molecule has 5 aromatic carbocycles. The van der Waals surface area contributed by atoms with Gasteiger partial charge in [0.05, 0.1) is 119 Å². The van der Waals surface area contributed by atoms with Crippen LogP contribution in [0, 0.1) is 105 Å². The third-order valence-electron chi connectivity index (χ3n) is 15.3. The van der Waals surface area contributed by atoms with Crippen molar-refractivity contribution in [1.82, 2.24) is 31.9 Å². The summed E-state index contributed by atoms with van der Waals surface area (Å²) in [4.78, 5) is 177. The molecule has 2 unspecified atom stereocenters. The number of nitrogens with zero attached hydrogens (tertiary/aromatic N) is 8. The number of amides is 7. The maximum absolute atomic E-state index is 13.5. The number of benzene rings is 5. The molecular weight excluding hydrogens is 2060 g/mol. The van der Waals surface area contributed by atoms with Crippen molar-refractivity contribution in [3.63, 3.8) is 0 Å². The number of carbonyl (C=O) groups is 9. The maximum Gasteiger partial charge on any atom is 0.404 e. The molecule has 49 nitrogen and oxygen atoms in total. The molecule has 0 aromatic heterocycles. The summed E-state index contributed by atoms with van der Waals surface area (Å²) in [6.45, 7) is 0.270. The number of nitrogens with one attached hydrogen (secondary N) is 7. The third-order valence-corrected chi connectivity index (χ3v) is 17.8. The first-order chi connectivity index (χ1) is 57.0. The Hall–Kier alpha value is -12.1. The molecule has 5 aromatic rings. The number of nitro benzene ring substituents is 5. The van der Waals surface area contributed by atoms with Crippen LogP contribution in [0.25, 0.3) is 11.8 Å². The van der Waals surface area contributed by atoms with Gasteiger partial charge in [0.25, 0.3) is 28.4 Å². The van der Waals surface area contributed by atoms with Gasteiger partial charge >= 0.3 is 11.4 Å². The van der Waals surface area contributed by atoms with E-state index in [2.05, 4.69) is 94.4 Å². The molecule has 0 heterocycles. The van der Waals surface area contributed by atoms with E-state index in [1.54, 1.807) is 12.1 Å². The van der Waals surface area contributed by atoms with E-state index in [0.717, 1.165) is 12.1 Å². The molecule has 0 saturated carbocycles. The van der Waals surface area contributed by atoms with Crippen LogP contribution in [0.4, 0.5) is 33.2 Å². The summed E-state index contributed by atoms with van der Waals surface area (Å²) in [6.07, 6.45) is 1.26. The molecule has 663 valence electrons. The van der Waals surface area contributed by atoms with Gasteiger partial charge < -0.3 is 105 Å². The molecule has 0 fully saturated rings. The summed E-state index contributed by atoms with van der Waals surface area (Å²) < 4.78 is 34.4. The molecule has 7 amide bonds. The van der Waals surface area contributed by atoms with Crippen molar-refractivity contribution in [3.05, 3.63) is 185 Å². The molecule has 18 N–H and O–H groups in total. The van der Waals surface area contributed by atoms with Crippen LogP contribution in [0.5, 0.6) is 34.5 Å². The minimum Gasteiger partial charge on any atom is -0.670 e. The average molecular weight is 2150 g/mol. The second-order valence-corrected chi connectivity index (χ2v) is 26.2. The Kier molecular flexibility index (Phi) is 52.3. The van der Waals surface area contributed by atoms with Gasteiger partial charge in [0.15, 0.2) is 52.3 Å². The number of carboxylic acid groups (broad SMARTS) is 1. The zero-order valence-corrected chi connectivity index (χ0v) is 75.9. The van der Waals surface area contributed by atoms with Crippen LogP contribution in [-0.2, 0) is 55.0 Å². The van der Waals surface area contributed by atoms with E-state index < -0.39 is 129 Å². The zero-order valence-electron chi connectivity index (χ0n) is 65.6. The minimum absolute atomic E-state index is 0. The van der Waals surface area contributed by atoms with Crippen molar-refractivity contribution in [1.29, 1.82) is 0 Å². The quantitative estimate of drug-likeness (QED) is 0.00453. The molecule has 122 heavy (non-hydrogen) atoms.